The zero-order valence-electron chi connectivity index (χ0n) is 31.9. The number of rotatable bonds is 6. The van der Waals surface area contributed by atoms with Crippen molar-refractivity contribution in [1.29, 1.82) is 0 Å². The average molecular weight is 751 g/mol. The first-order valence-corrected chi connectivity index (χ1v) is 20.1. The van der Waals surface area contributed by atoms with Crippen molar-refractivity contribution in [2.45, 2.75) is 0 Å². The SMILES string of the molecule is c1ccc(-c2cc(-c3cc(-c4cccc(-c5ccc6c7c(cccc57)-c5ccccc5-6)c4)cc(-c4cccc5c4oc4ccccc45)c3)nc(-c3ccccc3)n2)cc1. The standard InChI is InChI=1S/C56H34N2O/c1-3-14-35(15-4-1)51-34-52(58-56(57-51)36-16-5-2-6-17-36)41-32-39(31-40(33-41)43-23-12-26-50-46-22-9-10-27-53(46)59-55(43)50)37-18-11-19-38(30-37)42-28-29-49-45-21-8-7-20-44(45)48-25-13-24-47(42)54(48)49/h1-34H. The van der Waals surface area contributed by atoms with Gasteiger partial charge in [-0.25, -0.2) is 9.97 Å². The maximum Gasteiger partial charge on any atom is 0.160 e. The Bertz CT molecular complexity index is 3350. The van der Waals surface area contributed by atoms with Gasteiger partial charge in [-0.15, -0.1) is 0 Å². The second-order valence-electron chi connectivity index (χ2n) is 15.3. The van der Waals surface area contributed by atoms with E-state index in [9.17, 15) is 0 Å². The molecule has 274 valence electrons. The third kappa shape index (κ3) is 5.51. The van der Waals surface area contributed by atoms with Crippen LogP contribution in [0.5, 0.6) is 0 Å². The Hall–Kier alpha value is -7.88. The van der Waals surface area contributed by atoms with Gasteiger partial charge in [-0.1, -0.05) is 170 Å². The molecule has 0 N–H and O–H groups in total. The fourth-order valence-corrected chi connectivity index (χ4v) is 9.07. The summed E-state index contributed by atoms with van der Waals surface area (Å²) in [7, 11) is 0. The highest BCUT2D eigenvalue weighted by Crippen LogP contribution is 2.49. The molecule has 0 fully saturated rings. The van der Waals surface area contributed by atoms with E-state index >= 15 is 0 Å². The Morgan fingerprint density at radius 3 is 1.63 bits per heavy atom. The first-order chi connectivity index (χ1) is 29.2. The molecule has 2 aromatic heterocycles. The van der Waals surface area contributed by atoms with E-state index in [0.29, 0.717) is 5.82 Å². The van der Waals surface area contributed by atoms with E-state index in [0.717, 1.165) is 72.3 Å². The van der Waals surface area contributed by atoms with Gasteiger partial charge in [0, 0.05) is 33.0 Å². The highest BCUT2D eigenvalue weighted by molar-refractivity contribution is 6.18. The van der Waals surface area contributed by atoms with Crippen LogP contribution in [-0.2, 0) is 0 Å². The molecule has 1 aliphatic carbocycles. The molecule has 2 heterocycles. The molecule has 1 aliphatic rings. The molecular formula is C56H34N2O. The number of furan rings is 1. The minimum atomic E-state index is 0.685. The topological polar surface area (TPSA) is 38.9 Å². The van der Waals surface area contributed by atoms with Gasteiger partial charge in [-0.2, -0.15) is 0 Å². The molecule has 0 saturated heterocycles. The molecule has 3 nitrogen and oxygen atoms in total. The number of aromatic nitrogens is 2. The summed E-state index contributed by atoms with van der Waals surface area (Å²) in [5.74, 6) is 0.685. The molecule has 0 bridgehead atoms. The summed E-state index contributed by atoms with van der Waals surface area (Å²) >= 11 is 0. The zero-order valence-corrected chi connectivity index (χ0v) is 31.9. The average Bonchev–Trinajstić information content (AvgIpc) is 3.86. The first kappa shape index (κ1) is 33.3. The Morgan fingerprint density at radius 2 is 0.814 bits per heavy atom. The Morgan fingerprint density at radius 1 is 0.288 bits per heavy atom. The van der Waals surface area contributed by atoms with Crippen LogP contribution in [0.2, 0.25) is 0 Å². The quantitative estimate of drug-likeness (QED) is 0.170. The van der Waals surface area contributed by atoms with Crippen LogP contribution in [0.15, 0.2) is 211 Å². The van der Waals surface area contributed by atoms with E-state index in [1.807, 2.05) is 36.4 Å². The van der Waals surface area contributed by atoms with Gasteiger partial charge in [0.2, 0.25) is 0 Å². The molecule has 0 spiro atoms. The summed E-state index contributed by atoms with van der Waals surface area (Å²) in [6.07, 6.45) is 0. The summed E-state index contributed by atoms with van der Waals surface area (Å²) in [6.45, 7) is 0. The van der Waals surface area contributed by atoms with Crippen LogP contribution in [0.1, 0.15) is 0 Å². The van der Waals surface area contributed by atoms with Crippen molar-refractivity contribution in [2.24, 2.45) is 0 Å². The molecule has 12 rings (SSSR count). The van der Waals surface area contributed by atoms with Crippen LogP contribution in [-0.4, -0.2) is 9.97 Å². The lowest BCUT2D eigenvalue weighted by molar-refractivity contribution is 0.670. The zero-order chi connectivity index (χ0) is 38.9. The minimum absolute atomic E-state index is 0.685. The van der Waals surface area contributed by atoms with E-state index in [2.05, 4.69) is 170 Å². The van der Waals surface area contributed by atoms with Crippen molar-refractivity contribution in [3.05, 3.63) is 206 Å². The van der Waals surface area contributed by atoms with E-state index < -0.39 is 0 Å². The maximum atomic E-state index is 6.62. The number of nitrogens with zero attached hydrogens (tertiary/aromatic N) is 2. The predicted molar refractivity (Wildman–Crippen MR) is 244 cm³/mol. The fraction of sp³-hybridized carbons (Fsp3) is 0. The van der Waals surface area contributed by atoms with Crippen molar-refractivity contribution in [3.8, 4) is 89.5 Å². The molecule has 0 unspecified atom stereocenters. The van der Waals surface area contributed by atoms with Crippen LogP contribution in [0.25, 0.3) is 122 Å². The van der Waals surface area contributed by atoms with Crippen LogP contribution >= 0.6 is 0 Å². The number of hydrogen-bond donors (Lipinski definition) is 0. The lowest BCUT2D eigenvalue weighted by Gasteiger charge is -2.15. The predicted octanol–water partition coefficient (Wildman–Crippen LogP) is 15.2. The highest BCUT2D eigenvalue weighted by atomic mass is 16.3. The van der Waals surface area contributed by atoms with E-state index in [1.54, 1.807) is 0 Å². The molecule has 0 saturated carbocycles. The number of fused-ring (bicyclic) bond motifs is 6. The van der Waals surface area contributed by atoms with Crippen molar-refractivity contribution in [2.75, 3.05) is 0 Å². The van der Waals surface area contributed by atoms with Gasteiger partial charge in [0.1, 0.15) is 11.2 Å². The molecule has 0 atom stereocenters. The van der Waals surface area contributed by atoms with Crippen LogP contribution in [0.4, 0.5) is 0 Å². The van der Waals surface area contributed by atoms with Gasteiger partial charge < -0.3 is 4.42 Å². The molecule has 11 aromatic rings. The largest absolute Gasteiger partial charge is 0.455 e. The van der Waals surface area contributed by atoms with Crippen molar-refractivity contribution in [3.63, 3.8) is 0 Å². The number of para-hydroxylation sites is 2. The lowest BCUT2D eigenvalue weighted by Crippen LogP contribution is -1.96. The smallest absolute Gasteiger partial charge is 0.160 e. The third-order valence-electron chi connectivity index (χ3n) is 11.8. The second-order valence-corrected chi connectivity index (χ2v) is 15.3. The summed E-state index contributed by atoms with van der Waals surface area (Å²) in [5.41, 5.74) is 18.4. The summed E-state index contributed by atoms with van der Waals surface area (Å²) < 4.78 is 6.62. The normalized spacial score (nSPS) is 11.7. The molecule has 0 amide bonds. The Balaban J connectivity index is 1.07. The molecule has 0 radical (unpaired) electrons. The van der Waals surface area contributed by atoms with E-state index in [1.165, 1.54) is 44.2 Å². The number of benzene rings is 9. The van der Waals surface area contributed by atoms with Gasteiger partial charge >= 0.3 is 0 Å². The van der Waals surface area contributed by atoms with Crippen molar-refractivity contribution < 1.29 is 4.42 Å². The van der Waals surface area contributed by atoms with Gasteiger partial charge in [0.25, 0.3) is 0 Å². The van der Waals surface area contributed by atoms with Crippen LogP contribution in [0, 0.1) is 0 Å². The lowest BCUT2D eigenvalue weighted by atomic mass is 9.90. The summed E-state index contributed by atoms with van der Waals surface area (Å²) in [5, 5.41) is 4.80. The Labute approximate surface area is 341 Å². The van der Waals surface area contributed by atoms with Gasteiger partial charge in [-0.05, 0) is 97.2 Å². The maximum absolute atomic E-state index is 6.62. The van der Waals surface area contributed by atoms with Gasteiger partial charge in [0.05, 0.1) is 11.4 Å². The molecule has 9 aromatic carbocycles. The van der Waals surface area contributed by atoms with Crippen LogP contribution in [0.3, 0.4) is 0 Å². The number of hydrogen-bond acceptors (Lipinski definition) is 3. The monoisotopic (exact) mass is 750 g/mol. The molecule has 3 heteroatoms. The fourth-order valence-electron chi connectivity index (χ4n) is 9.07. The van der Waals surface area contributed by atoms with E-state index in [4.69, 9.17) is 14.4 Å². The molecule has 59 heavy (non-hydrogen) atoms. The van der Waals surface area contributed by atoms with Gasteiger partial charge in [0.15, 0.2) is 5.82 Å². The third-order valence-corrected chi connectivity index (χ3v) is 11.8. The summed E-state index contributed by atoms with van der Waals surface area (Å²) in [6, 6.07) is 73.3. The second kappa shape index (κ2) is 13.4. The highest BCUT2D eigenvalue weighted by Gasteiger charge is 2.23. The van der Waals surface area contributed by atoms with Gasteiger partial charge in [-0.3, -0.25) is 0 Å². The summed E-state index contributed by atoms with van der Waals surface area (Å²) in [4.78, 5) is 10.4. The van der Waals surface area contributed by atoms with Crippen molar-refractivity contribution in [1.82, 2.24) is 9.97 Å². The first-order valence-electron chi connectivity index (χ1n) is 20.1. The van der Waals surface area contributed by atoms with E-state index in [-0.39, 0.29) is 0 Å². The molecular weight excluding hydrogens is 717 g/mol. The molecule has 0 aliphatic heterocycles. The van der Waals surface area contributed by atoms with Crippen molar-refractivity contribution >= 4 is 32.7 Å². The minimum Gasteiger partial charge on any atom is -0.455 e. The Kier molecular flexibility index (Phi) is 7.54. The van der Waals surface area contributed by atoms with Crippen LogP contribution < -0.4 is 0 Å².